The van der Waals surface area contributed by atoms with Crippen LogP contribution in [-0.4, -0.2) is 38.3 Å². The first kappa shape index (κ1) is 12.2. The van der Waals surface area contributed by atoms with Crippen molar-refractivity contribution in [1.29, 1.82) is 0 Å². The van der Waals surface area contributed by atoms with Crippen molar-refractivity contribution in [2.24, 2.45) is 0 Å². The van der Waals surface area contributed by atoms with Gasteiger partial charge in [-0.25, -0.2) is 0 Å². The van der Waals surface area contributed by atoms with Crippen molar-refractivity contribution in [3.63, 3.8) is 0 Å². The van der Waals surface area contributed by atoms with Gasteiger partial charge in [-0.1, -0.05) is 0 Å². The molecule has 0 aromatic carbocycles. The summed E-state index contributed by atoms with van der Waals surface area (Å²) in [6, 6.07) is 0.857. The van der Waals surface area contributed by atoms with Crippen LogP contribution >= 0.6 is 0 Å². The molecule has 5 heteroatoms. The molecule has 96 valence electrons. The van der Waals surface area contributed by atoms with Gasteiger partial charge >= 0.3 is 0 Å². The van der Waals surface area contributed by atoms with Gasteiger partial charge in [0.05, 0.1) is 0 Å². The quantitative estimate of drug-likeness (QED) is 0.755. The van der Waals surface area contributed by atoms with Gasteiger partial charge < -0.3 is 20.1 Å². The lowest BCUT2D eigenvalue weighted by atomic mass is 9.91. The molecule has 2 aliphatic rings. The van der Waals surface area contributed by atoms with Gasteiger partial charge in [-0.05, 0) is 32.7 Å². The topological polar surface area (TPSA) is 59.6 Å². The minimum atomic E-state index is -0.155. The van der Waals surface area contributed by atoms with Gasteiger partial charge in [0.15, 0.2) is 0 Å². The van der Waals surface area contributed by atoms with E-state index in [0.717, 1.165) is 25.7 Å². The van der Waals surface area contributed by atoms with E-state index in [-0.39, 0.29) is 11.9 Å². The number of rotatable bonds is 3. The molecule has 0 radical (unpaired) electrons. The van der Waals surface area contributed by atoms with E-state index in [1.165, 1.54) is 6.26 Å². The smallest absolute Gasteiger partial charge is 0.289 e. The number of amides is 1. The number of ether oxygens (including phenoxy) is 2. The van der Waals surface area contributed by atoms with E-state index in [0.29, 0.717) is 25.0 Å². The van der Waals surface area contributed by atoms with Gasteiger partial charge in [0.1, 0.15) is 19.5 Å². The van der Waals surface area contributed by atoms with Crippen molar-refractivity contribution in [3.8, 4) is 0 Å². The molecule has 2 N–H and O–H groups in total. The molecule has 1 aliphatic heterocycles. The van der Waals surface area contributed by atoms with Crippen LogP contribution in [-0.2, 0) is 14.3 Å². The van der Waals surface area contributed by atoms with E-state index in [2.05, 4.69) is 10.6 Å². The van der Waals surface area contributed by atoms with Crippen LogP contribution in [0.3, 0.4) is 0 Å². The summed E-state index contributed by atoms with van der Waals surface area (Å²) in [5, 5.41) is 6.27. The van der Waals surface area contributed by atoms with E-state index < -0.39 is 0 Å². The Morgan fingerprint density at radius 3 is 2.53 bits per heavy atom. The predicted molar refractivity (Wildman–Crippen MR) is 63.2 cm³/mol. The maximum Gasteiger partial charge on any atom is 0.289 e. The monoisotopic (exact) mass is 240 g/mol. The highest BCUT2D eigenvalue weighted by Crippen LogP contribution is 2.18. The third-order valence-electron chi connectivity index (χ3n) is 3.34. The van der Waals surface area contributed by atoms with Gasteiger partial charge in [0.25, 0.3) is 5.91 Å². The average Bonchev–Trinajstić information content (AvgIpc) is 2.40. The van der Waals surface area contributed by atoms with E-state index >= 15 is 0 Å². The maximum atomic E-state index is 11.8. The standard InChI is InChI=1S/C12H20N2O3/c1-13-9-2-4-10(5-3-9)14-12(15)11-8-16-6-7-17-11/h8-10,13H,2-7H2,1H3,(H,14,15). The van der Waals surface area contributed by atoms with Gasteiger partial charge in [-0.15, -0.1) is 0 Å². The number of carbonyl (C=O) groups excluding carboxylic acids is 1. The summed E-state index contributed by atoms with van der Waals surface area (Å²) in [4.78, 5) is 11.8. The third-order valence-corrected chi connectivity index (χ3v) is 3.34. The first-order valence-corrected chi connectivity index (χ1v) is 6.22. The summed E-state index contributed by atoms with van der Waals surface area (Å²) in [7, 11) is 1.99. The Morgan fingerprint density at radius 2 is 1.94 bits per heavy atom. The largest absolute Gasteiger partial charge is 0.494 e. The molecule has 0 spiro atoms. The Kier molecular flexibility index (Phi) is 4.25. The Bertz CT molecular complexity index is 296. The molecule has 0 saturated heterocycles. The minimum Gasteiger partial charge on any atom is -0.494 e. The lowest BCUT2D eigenvalue weighted by molar-refractivity contribution is -0.123. The zero-order chi connectivity index (χ0) is 12.1. The molecular weight excluding hydrogens is 220 g/mol. The van der Waals surface area contributed by atoms with Gasteiger partial charge in [0.2, 0.25) is 5.76 Å². The number of hydrogen-bond acceptors (Lipinski definition) is 4. The number of nitrogens with one attached hydrogen (secondary N) is 2. The predicted octanol–water partition coefficient (Wildman–Crippen LogP) is 0.521. The summed E-state index contributed by atoms with van der Waals surface area (Å²) < 4.78 is 10.3. The Hall–Kier alpha value is -1.23. The third kappa shape index (κ3) is 3.36. The van der Waals surface area contributed by atoms with Crippen LogP contribution < -0.4 is 10.6 Å². The van der Waals surface area contributed by atoms with Crippen LogP contribution in [0.5, 0.6) is 0 Å². The van der Waals surface area contributed by atoms with Gasteiger partial charge in [0, 0.05) is 12.1 Å². The highest BCUT2D eigenvalue weighted by Gasteiger charge is 2.23. The van der Waals surface area contributed by atoms with Crippen molar-refractivity contribution in [3.05, 3.63) is 12.0 Å². The SMILES string of the molecule is CNC1CCC(NC(=O)C2=COCCO2)CC1. The molecule has 0 bridgehead atoms. The van der Waals surface area contributed by atoms with Gasteiger partial charge in [-0.3, -0.25) is 4.79 Å². The van der Waals surface area contributed by atoms with Crippen LogP contribution in [0.25, 0.3) is 0 Å². The van der Waals surface area contributed by atoms with Crippen molar-refractivity contribution in [1.82, 2.24) is 10.6 Å². The number of hydrogen-bond donors (Lipinski definition) is 2. The molecule has 1 fully saturated rings. The Morgan fingerprint density at radius 1 is 1.24 bits per heavy atom. The lowest BCUT2D eigenvalue weighted by Gasteiger charge is -2.29. The molecule has 1 saturated carbocycles. The fraction of sp³-hybridized carbons (Fsp3) is 0.750. The molecule has 0 unspecified atom stereocenters. The van der Waals surface area contributed by atoms with E-state index in [1.807, 2.05) is 7.05 Å². The van der Waals surface area contributed by atoms with Crippen molar-refractivity contribution < 1.29 is 14.3 Å². The molecule has 5 nitrogen and oxygen atoms in total. The second-order valence-electron chi connectivity index (χ2n) is 4.51. The zero-order valence-corrected chi connectivity index (χ0v) is 10.2. The molecule has 17 heavy (non-hydrogen) atoms. The summed E-state index contributed by atoms with van der Waals surface area (Å²) in [5.41, 5.74) is 0. The van der Waals surface area contributed by atoms with Crippen LogP contribution in [0.15, 0.2) is 12.0 Å². The Labute approximate surface area is 102 Å². The van der Waals surface area contributed by atoms with Crippen molar-refractivity contribution in [2.45, 2.75) is 37.8 Å². The van der Waals surface area contributed by atoms with Crippen LogP contribution in [0.1, 0.15) is 25.7 Å². The summed E-state index contributed by atoms with van der Waals surface area (Å²) in [6.07, 6.45) is 5.66. The highest BCUT2D eigenvalue weighted by molar-refractivity contribution is 5.91. The minimum absolute atomic E-state index is 0.155. The summed E-state index contributed by atoms with van der Waals surface area (Å²) >= 11 is 0. The molecule has 0 aromatic heterocycles. The second kappa shape index (κ2) is 5.91. The molecule has 1 aliphatic carbocycles. The molecule has 1 heterocycles. The zero-order valence-electron chi connectivity index (χ0n) is 10.2. The second-order valence-corrected chi connectivity index (χ2v) is 4.51. The van der Waals surface area contributed by atoms with Gasteiger partial charge in [-0.2, -0.15) is 0 Å². The van der Waals surface area contributed by atoms with Crippen LogP contribution in [0.4, 0.5) is 0 Å². The molecule has 2 rings (SSSR count). The summed E-state index contributed by atoms with van der Waals surface area (Å²) in [5.74, 6) is 0.143. The molecular formula is C12H20N2O3. The van der Waals surface area contributed by atoms with E-state index in [1.54, 1.807) is 0 Å². The fourth-order valence-corrected chi connectivity index (χ4v) is 2.27. The number of carbonyl (C=O) groups is 1. The molecule has 0 atom stereocenters. The van der Waals surface area contributed by atoms with E-state index in [9.17, 15) is 4.79 Å². The average molecular weight is 240 g/mol. The Balaban J connectivity index is 1.77. The summed E-state index contributed by atoms with van der Waals surface area (Å²) in [6.45, 7) is 0.968. The lowest BCUT2D eigenvalue weighted by Crippen LogP contribution is -2.42. The highest BCUT2D eigenvalue weighted by atomic mass is 16.6. The normalized spacial score (nSPS) is 28.6. The molecule has 0 aromatic rings. The molecule has 1 amide bonds. The van der Waals surface area contributed by atoms with E-state index in [4.69, 9.17) is 9.47 Å². The van der Waals surface area contributed by atoms with Crippen LogP contribution in [0.2, 0.25) is 0 Å². The maximum absolute atomic E-state index is 11.8. The first-order chi connectivity index (χ1) is 8.29. The van der Waals surface area contributed by atoms with Crippen LogP contribution in [0, 0.1) is 0 Å². The fourth-order valence-electron chi connectivity index (χ4n) is 2.27. The first-order valence-electron chi connectivity index (χ1n) is 6.22. The van der Waals surface area contributed by atoms with Crippen molar-refractivity contribution >= 4 is 5.91 Å². The van der Waals surface area contributed by atoms with Crippen molar-refractivity contribution in [2.75, 3.05) is 20.3 Å².